The van der Waals surface area contributed by atoms with Crippen LogP contribution >= 0.6 is 0 Å². The van der Waals surface area contributed by atoms with Crippen molar-refractivity contribution in [3.05, 3.63) is 111 Å². The Morgan fingerprint density at radius 1 is 0.903 bits per heavy atom. The van der Waals surface area contributed by atoms with Gasteiger partial charge >= 0.3 is 0 Å². The Balaban J connectivity index is 1.67. The lowest BCUT2D eigenvalue weighted by Crippen LogP contribution is -2.17. The van der Waals surface area contributed by atoms with Gasteiger partial charge in [0.25, 0.3) is 11.5 Å². The number of fused-ring (bicyclic) bond motifs is 1. The highest BCUT2D eigenvalue weighted by Gasteiger charge is 2.18. The van der Waals surface area contributed by atoms with Crippen molar-refractivity contribution in [3.63, 3.8) is 0 Å². The van der Waals surface area contributed by atoms with E-state index in [2.05, 4.69) is 10.3 Å². The molecule has 0 spiro atoms. The summed E-state index contributed by atoms with van der Waals surface area (Å²) in [6.07, 6.45) is 0.655. The first-order valence-corrected chi connectivity index (χ1v) is 10.1. The summed E-state index contributed by atoms with van der Waals surface area (Å²) in [6.45, 7) is 3.88. The molecule has 0 bridgehead atoms. The van der Waals surface area contributed by atoms with Crippen LogP contribution in [-0.4, -0.2) is 16.7 Å². The molecule has 0 aliphatic rings. The van der Waals surface area contributed by atoms with Crippen LogP contribution in [0.25, 0.3) is 10.9 Å². The maximum Gasteiger partial charge on any atom is 0.256 e. The van der Waals surface area contributed by atoms with E-state index in [-0.39, 0.29) is 17.2 Å². The third kappa shape index (κ3) is 3.90. The Morgan fingerprint density at radius 2 is 1.58 bits per heavy atom. The average molecular weight is 410 g/mol. The Kier molecular flexibility index (Phi) is 5.50. The lowest BCUT2D eigenvalue weighted by Gasteiger charge is -2.12. The van der Waals surface area contributed by atoms with Crippen LogP contribution in [0.3, 0.4) is 0 Å². The number of hydrogen-bond donors (Lipinski definition) is 2. The molecule has 3 aromatic carbocycles. The number of benzene rings is 3. The zero-order valence-corrected chi connectivity index (χ0v) is 17.4. The van der Waals surface area contributed by atoms with Crippen LogP contribution in [0.4, 0.5) is 5.69 Å². The van der Waals surface area contributed by atoms with Crippen LogP contribution in [0.15, 0.2) is 77.6 Å². The van der Waals surface area contributed by atoms with Crippen molar-refractivity contribution < 1.29 is 9.59 Å². The molecule has 0 radical (unpaired) electrons. The number of pyridine rings is 1. The zero-order valence-electron chi connectivity index (χ0n) is 17.4. The van der Waals surface area contributed by atoms with Crippen molar-refractivity contribution in [1.29, 1.82) is 0 Å². The van der Waals surface area contributed by atoms with E-state index in [1.54, 1.807) is 60.7 Å². The van der Waals surface area contributed by atoms with Crippen LogP contribution in [0.5, 0.6) is 0 Å². The molecule has 0 atom stereocenters. The summed E-state index contributed by atoms with van der Waals surface area (Å²) in [7, 11) is 0. The van der Waals surface area contributed by atoms with Gasteiger partial charge in [-0.05, 0) is 37.1 Å². The molecule has 0 saturated heterocycles. The lowest BCUT2D eigenvalue weighted by atomic mass is 9.98. The van der Waals surface area contributed by atoms with Gasteiger partial charge in [-0.1, -0.05) is 61.5 Å². The highest BCUT2D eigenvalue weighted by Crippen LogP contribution is 2.23. The van der Waals surface area contributed by atoms with Gasteiger partial charge in [0.1, 0.15) is 0 Å². The monoisotopic (exact) mass is 410 g/mol. The third-order valence-corrected chi connectivity index (χ3v) is 5.46. The molecule has 5 heteroatoms. The predicted octanol–water partition coefficient (Wildman–Crippen LogP) is 4.88. The summed E-state index contributed by atoms with van der Waals surface area (Å²) in [4.78, 5) is 41.1. The molecule has 2 N–H and O–H groups in total. The fourth-order valence-electron chi connectivity index (χ4n) is 3.83. The van der Waals surface area contributed by atoms with Gasteiger partial charge in [-0.3, -0.25) is 14.4 Å². The number of nitrogens with one attached hydrogen (secondary N) is 2. The van der Waals surface area contributed by atoms with E-state index in [1.165, 1.54) is 0 Å². The maximum atomic E-state index is 13.0. The van der Waals surface area contributed by atoms with Gasteiger partial charge in [0.15, 0.2) is 5.78 Å². The Labute approximate surface area is 179 Å². The number of anilines is 1. The summed E-state index contributed by atoms with van der Waals surface area (Å²) in [6, 6.07) is 21.0. The first-order chi connectivity index (χ1) is 15.0. The second kappa shape index (κ2) is 8.40. The van der Waals surface area contributed by atoms with E-state index in [0.29, 0.717) is 34.3 Å². The second-order valence-corrected chi connectivity index (χ2v) is 7.37. The van der Waals surface area contributed by atoms with Crippen molar-refractivity contribution in [3.8, 4) is 0 Å². The second-order valence-electron chi connectivity index (χ2n) is 7.37. The molecule has 0 fully saturated rings. The molecule has 154 valence electrons. The van der Waals surface area contributed by atoms with E-state index in [9.17, 15) is 14.4 Å². The van der Waals surface area contributed by atoms with E-state index >= 15 is 0 Å². The van der Waals surface area contributed by atoms with Gasteiger partial charge in [-0.15, -0.1) is 0 Å². The number of carbonyl (C=O) groups is 2. The van der Waals surface area contributed by atoms with Crippen LogP contribution < -0.4 is 10.9 Å². The number of aromatic nitrogens is 1. The quantitative estimate of drug-likeness (QED) is 0.460. The summed E-state index contributed by atoms with van der Waals surface area (Å²) in [5, 5.41) is 3.79. The van der Waals surface area contributed by atoms with Crippen molar-refractivity contribution in [2.45, 2.75) is 20.3 Å². The fourth-order valence-corrected chi connectivity index (χ4v) is 3.83. The van der Waals surface area contributed by atoms with Crippen LogP contribution in [0, 0.1) is 6.92 Å². The van der Waals surface area contributed by atoms with Gasteiger partial charge in [0.05, 0.1) is 11.1 Å². The molecule has 1 amide bonds. The van der Waals surface area contributed by atoms with Crippen LogP contribution in [0.1, 0.15) is 44.3 Å². The predicted molar refractivity (Wildman–Crippen MR) is 123 cm³/mol. The Bertz CT molecular complexity index is 1350. The lowest BCUT2D eigenvalue weighted by molar-refractivity contribution is 0.0996. The minimum absolute atomic E-state index is 0.116. The molecule has 1 heterocycles. The van der Waals surface area contributed by atoms with Crippen molar-refractivity contribution in [2.75, 3.05) is 5.32 Å². The van der Waals surface area contributed by atoms with Crippen molar-refractivity contribution in [1.82, 2.24) is 4.98 Å². The largest absolute Gasteiger partial charge is 0.322 e. The summed E-state index contributed by atoms with van der Waals surface area (Å²) in [5.74, 6) is -0.597. The molecule has 4 rings (SSSR count). The van der Waals surface area contributed by atoms with E-state index in [1.807, 2.05) is 26.0 Å². The van der Waals surface area contributed by atoms with Gasteiger partial charge in [-0.25, -0.2) is 0 Å². The smallest absolute Gasteiger partial charge is 0.256 e. The number of amides is 1. The van der Waals surface area contributed by atoms with Crippen LogP contribution in [0.2, 0.25) is 0 Å². The van der Waals surface area contributed by atoms with Gasteiger partial charge in [0, 0.05) is 27.8 Å². The normalized spacial score (nSPS) is 10.8. The number of aromatic amines is 1. The van der Waals surface area contributed by atoms with Crippen LogP contribution in [-0.2, 0) is 6.42 Å². The number of ketones is 1. The van der Waals surface area contributed by atoms with E-state index < -0.39 is 0 Å². The van der Waals surface area contributed by atoms with Crippen molar-refractivity contribution in [2.24, 2.45) is 0 Å². The summed E-state index contributed by atoms with van der Waals surface area (Å²) < 4.78 is 0. The topological polar surface area (TPSA) is 79.0 Å². The van der Waals surface area contributed by atoms with Gasteiger partial charge in [-0.2, -0.15) is 0 Å². The molecule has 0 unspecified atom stereocenters. The van der Waals surface area contributed by atoms with Crippen molar-refractivity contribution >= 4 is 28.3 Å². The summed E-state index contributed by atoms with van der Waals surface area (Å²) >= 11 is 0. The SMILES string of the molecule is CCc1c(C)c2ccc(NC(=O)c3ccccc3C(=O)c3ccccc3)cc2[nH]c1=O. The first kappa shape index (κ1) is 20.3. The Hall–Kier alpha value is -3.99. The molecule has 1 aromatic heterocycles. The number of hydrogen-bond acceptors (Lipinski definition) is 3. The third-order valence-electron chi connectivity index (χ3n) is 5.46. The molecular weight excluding hydrogens is 388 g/mol. The molecule has 4 aromatic rings. The molecule has 31 heavy (non-hydrogen) atoms. The minimum atomic E-state index is -0.386. The van der Waals surface area contributed by atoms with E-state index in [0.717, 1.165) is 16.5 Å². The highest BCUT2D eigenvalue weighted by molar-refractivity contribution is 6.17. The maximum absolute atomic E-state index is 13.0. The van der Waals surface area contributed by atoms with Gasteiger partial charge < -0.3 is 10.3 Å². The fraction of sp³-hybridized carbons (Fsp3) is 0.115. The first-order valence-electron chi connectivity index (χ1n) is 10.1. The average Bonchev–Trinajstić information content (AvgIpc) is 2.79. The molecule has 5 nitrogen and oxygen atoms in total. The zero-order chi connectivity index (χ0) is 22.0. The Morgan fingerprint density at radius 3 is 2.29 bits per heavy atom. The molecular formula is C26H22N2O3. The number of carbonyl (C=O) groups excluding carboxylic acids is 2. The summed E-state index contributed by atoms with van der Waals surface area (Å²) in [5.41, 5.74) is 3.94. The number of aryl methyl sites for hydroxylation is 1. The minimum Gasteiger partial charge on any atom is -0.322 e. The highest BCUT2D eigenvalue weighted by atomic mass is 16.2. The molecule has 0 saturated carbocycles. The molecule has 0 aliphatic heterocycles. The van der Waals surface area contributed by atoms with Gasteiger partial charge in [0.2, 0.25) is 0 Å². The number of H-pyrrole nitrogens is 1. The standard InChI is InChI=1S/C26H22N2O3/c1-3-19-16(2)20-14-13-18(15-23(20)28-25(19)30)27-26(31)22-12-8-7-11-21(22)24(29)17-9-5-4-6-10-17/h4-15H,3H2,1-2H3,(H,27,31)(H,28,30). The number of rotatable bonds is 5. The van der Waals surface area contributed by atoms with E-state index in [4.69, 9.17) is 0 Å². The molecule has 0 aliphatic carbocycles.